The van der Waals surface area contributed by atoms with Gasteiger partial charge in [0.05, 0.1) is 11.3 Å². The van der Waals surface area contributed by atoms with Crippen LogP contribution >= 0.6 is 21.6 Å². The van der Waals surface area contributed by atoms with E-state index >= 15 is 0 Å². The number of aromatic nitrogens is 2. The fourth-order valence-electron chi connectivity index (χ4n) is 4.03. The molecule has 1 fully saturated rings. The number of benzene rings is 2. The molecule has 168 valence electrons. The number of rotatable bonds is 7. The van der Waals surface area contributed by atoms with Crippen molar-refractivity contribution in [2.75, 3.05) is 31.7 Å². The lowest BCUT2D eigenvalue weighted by Crippen LogP contribution is -2.39. The summed E-state index contributed by atoms with van der Waals surface area (Å²) in [5, 5.41) is 5.43. The van der Waals surface area contributed by atoms with E-state index in [-0.39, 0.29) is 12.0 Å². The first-order valence-electron chi connectivity index (χ1n) is 10.5. The standard InChI is InChI=1S/C23H26N4O3S2/c1-31-32-13-12-30-23(29)26-11-3-5-17(14-26)16-7-9-19(10-8-16)27-15-18-4-2-6-20(22(24)28)21(18)25-27/h2,4,6-10,15,17H,3,5,11-14H2,1H3,(H2,24,28)/t17-/m0/s1. The average Bonchev–Trinajstić information content (AvgIpc) is 3.26. The first-order chi connectivity index (χ1) is 15.6. The highest BCUT2D eigenvalue weighted by atomic mass is 33.1. The predicted octanol–water partition coefficient (Wildman–Crippen LogP) is 4.45. The topological polar surface area (TPSA) is 90.5 Å². The van der Waals surface area contributed by atoms with Crippen molar-refractivity contribution in [1.29, 1.82) is 0 Å². The SMILES string of the molecule is CSSCCOC(=O)N1CCC[C@H](c2ccc(-n3cc4cccc(C(N)=O)c4n3)cc2)C1. The van der Waals surface area contributed by atoms with Gasteiger partial charge in [-0.1, -0.05) is 45.9 Å². The van der Waals surface area contributed by atoms with Gasteiger partial charge in [-0.05, 0) is 42.9 Å². The highest BCUT2D eigenvalue weighted by Gasteiger charge is 2.25. The molecule has 0 aliphatic carbocycles. The second-order valence-corrected chi connectivity index (χ2v) is 10.3. The first-order valence-corrected chi connectivity index (χ1v) is 13.3. The van der Waals surface area contributed by atoms with E-state index in [1.54, 1.807) is 38.4 Å². The molecule has 7 nitrogen and oxygen atoms in total. The quantitative estimate of drug-likeness (QED) is 0.405. The van der Waals surface area contributed by atoms with Crippen molar-refractivity contribution in [2.24, 2.45) is 5.73 Å². The van der Waals surface area contributed by atoms with Crippen molar-refractivity contribution >= 4 is 44.5 Å². The molecule has 1 saturated heterocycles. The van der Waals surface area contributed by atoms with Gasteiger partial charge in [-0.15, -0.1) is 0 Å². The molecule has 0 bridgehead atoms. The van der Waals surface area contributed by atoms with Gasteiger partial charge in [0.2, 0.25) is 0 Å². The summed E-state index contributed by atoms with van der Waals surface area (Å²) in [6, 6.07) is 13.6. The van der Waals surface area contributed by atoms with Crippen molar-refractivity contribution in [3.63, 3.8) is 0 Å². The first kappa shape index (κ1) is 22.5. The van der Waals surface area contributed by atoms with Crippen LogP contribution in [0.4, 0.5) is 4.79 Å². The largest absolute Gasteiger partial charge is 0.449 e. The Hall–Kier alpha value is -2.65. The number of primary amides is 1. The molecule has 2 amide bonds. The van der Waals surface area contributed by atoms with Crippen molar-refractivity contribution in [3.8, 4) is 5.69 Å². The molecular formula is C23H26N4O3S2. The molecule has 0 spiro atoms. The number of carbonyl (C=O) groups excluding carboxylic acids is 2. The van der Waals surface area contributed by atoms with Crippen LogP contribution in [0, 0.1) is 0 Å². The summed E-state index contributed by atoms with van der Waals surface area (Å²) in [5.41, 5.74) is 8.59. The Morgan fingerprint density at radius 3 is 2.78 bits per heavy atom. The summed E-state index contributed by atoms with van der Waals surface area (Å²) in [6.45, 7) is 1.85. The van der Waals surface area contributed by atoms with E-state index in [0.717, 1.165) is 36.2 Å². The molecular weight excluding hydrogens is 444 g/mol. The van der Waals surface area contributed by atoms with Crippen LogP contribution in [0.15, 0.2) is 48.7 Å². The van der Waals surface area contributed by atoms with Crippen LogP contribution in [-0.2, 0) is 4.74 Å². The number of hydrogen-bond donors (Lipinski definition) is 1. The zero-order chi connectivity index (χ0) is 22.5. The average molecular weight is 471 g/mol. The number of piperidine rings is 1. The Labute approximate surface area is 195 Å². The third kappa shape index (κ3) is 5.05. The van der Waals surface area contributed by atoms with Crippen molar-refractivity contribution in [1.82, 2.24) is 14.7 Å². The van der Waals surface area contributed by atoms with Gasteiger partial charge in [0.25, 0.3) is 5.91 Å². The van der Waals surface area contributed by atoms with Crippen LogP contribution in [0.3, 0.4) is 0 Å². The summed E-state index contributed by atoms with van der Waals surface area (Å²) in [5.74, 6) is 0.596. The van der Waals surface area contributed by atoms with Crippen LogP contribution in [-0.4, -0.2) is 58.4 Å². The highest BCUT2D eigenvalue weighted by molar-refractivity contribution is 8.76. The molecule has 2 aromatic carbocycles. The number of likely N-dealkylation sites (tertiary alicyclic amines) is 1. The van der Waals surface area contributed by atoms with Crippen LogP contribution in [0.25, 0.3) is 16.6 Å². The van der Waals surface area contributed by atoms with Crippen LogP contribution in [0.1, 0.15) is 34.7 Å². The van der Waals surface area contributed by atoms with Gasteiger partial charge >= 0.3 is 6.09 Å². The van der Waals surface area contributed by atoms with E-state index in [1.807, 2.05) is 35.6 Å². The molecule has 1 aromatic heterocycles. The monoisotopic (exact) mass is 470 g/mol. The number of ether oxygens (including phenoxy) is 1. The molecule has 2 N–H and O–H groups in total. The summed E-state index contributed by atoms with van der Waals surface area (Å²) in [4.78, 5) is 25.9. The molecule has 2 heterocycles. The van der Waals surface area contributed by atoms with E-state index in [1.165, 1.54) is 5.56 Å². The molecule has 0 saturated carbocycles. The Morgan fingerprint density at radius 2 is 2.03 bits per heavy atom. The van der Waals surface area contributed by atoms with Gasteiger partial charge in [0.1, 0.15) is 12.1 Å². The molecule has 1 atom stereocenters. The molecule has 4 rings (SSSR count). The summed E-state index contributed by atoms with van der Waals surface area (Å²) < 4.78 is 7.17. The minimum absolute atomic E-state index is 0.221. The van der Waals surface area contributed by atoms with Gasteiger partial charge in [-0.3, -0.25) is 4.79 Å². The number of nitrogens with zero attached hydrogens (tertiary/aromatic N) is 3. The molecule has 0 unspecified atom stereocenters. The molecule has 1 aliphatic heterocycles. The Balaban J connectivity index is 1.44. The highest BCUT2D eigenvalue weighted by Crippen LogP contribution is 2.28. The molecule has 0 radical (unpaired) electrons. The zero-order valence-corrected chi connectivity index (χ0v) is 19.5. The van der Waals surface area contributed by atoms with E-state index in [9.17, 15) is 9.59 Å². The molecule has 3 aromatic rings. The number of nitrogens with two attached hydrogens (primary N) is 1. The smallest absolute Gasteiger partial charge is 0.409 e. The van der Waals surface area contributed by atoms with Gasteiger partial charge in [0.15, 0.2) is 0 Å². The Morgan fingerprint density at radius 1 is 1.22 bits per heavy atom. The van der Waals surface area contributed by atoms with Gasteiger partial charge in [-0.25, -0.2) is 9.48 Å². The lowest BCUT2D eigenvalue weighted by Gasteiger charge is -2.32. The van der Waals surface area contributed by atoms with E-state index in [2.05, 4.69) is 17.2 Å². The molecule has 1 aliphatic rings. The summed E-state index contributed by atoms with van der Waals surface area (Å²) in [7, 11) is 3.36. The van der Waals surface area contributed by atoms with E-state index in [0.29, 0.717) is 24.2 Å². The maximum Gasteiger partial charge on any atom is 0.409 e. The molecule has 9 heteroatoms. The maximum atomic E-state index is 12.4. The van der Waals surface area contributed by atoms with Crippen LogP contribution in [0.2, 0.25) is 0 Å². The maximum absolute atomic E-state index is 12.4. The number of fused-ring (bicyclic) bond motifs is 1. The number of carbonyl (C=O) groups is 2. The lowest BCUT2D eigenvalue weighted by molar-refractivity contribution is 0.0965. The third-order valence-corrected chi connectivity index (χ3v) is 7.40. The fourth-order valence-corrected chi connectivity index (χ4v) is 5.05. The Bertz CT molecular complexity index is 1100. The van der Waals surface area contributed by atoms with Gasteiger partial charge < -0.3 is 15.4 Å². The normalized spacial score (nSPS) is 16.3. The fraction of sp³-hybridized carbons (Fsp3) is 0.348. The van der Waals surface area contributed by atoms with Crippen LogP contribution < -0.4 is 5.73 Å². The van der Waals surface area contributed by atoms with Crippen molar-refractivity contribution in [3.05, 3.63) is 59.8 Å². The summed E-state index contributed by atoms with van der Waals surface area (Å²) >= 11 is 0. The zero-order valence-electron chi connectivity index (χ0n) is 17.9. The third-order valence-electron chi connectivity index (χ3n) is 5.62. The van der Waals surface area contributed by atoms with E-state index < -0.39 is 5.91 Å². The van der Waals surface area contributed by atoms with Crippen molar-refractivity contribution in [2.45, 2.75) is 18.8 Å². The second kappa shape index (κ2) is 10.3. The Kier molecular flexibility index (Phi) is 7.26. The van der Waals surface area contributed by atoms with E-state index in [4.69, 9.17) is 10.5 Å². The molecule has 32 heavy (non-hydrogen) atoms. The number of amides is 2. The number of hydrogen-bond acceptors (Lipinski definition) is 6. The van der Waals surface area contributed by atoms with Crippen LogP contribution in [0.5, 0.6) is 0 Å². The minimum atomic E-state index is -0.486. The van der Waals surface area contributed by atoms with Crippen molar-refractivity contribution < 1.29 is 14.3 Å². The second-order valence-electron chi connectivity index (χ2n) is 7.66. The predicted molar refractivity (Wildman–Crippen MR) is 130 cm³/mol. The van der Waals surface area contributed by atoms with Gasteiger partial charge in [-0.2, -0.15) is 5.10 Å². The summed E-state index contributed by atoms with van der Waals surface area (Å²) in [6.07, 6.45) is 5.69. The minimum Gasteiger partial charge on any atom is -0.449 e. The van der Waals surface area contributed by atoms with Gasteiger partial charge in [0, 0.05) is 36.3 Å². The lowest BCUT2D eigenvalue weighted by atomic mass is 9.91.